The standard InChI is InChI=1S/C29H33Cl2N3O4S/c1-5-32-29(36)27(16-22-9-7-6-8-10-22)33(18-23-12-13-24(30)17-25(23)31)28(35)19-34(39(4,37)38)26-14-11-20(2)15-21(26)3/h6-15,17,27H,5,16,18-19H2,1-4H3,(H,32,36). The fraction of sp³-hybridized carbons (Fsp3) is 0.310. The molecule has 1 unspecified atom stereocenters. The lowest BCUT2D eigenvalue weighted by atomic mass is 10.0. The molecule has 0 fully saturated rings. The number of hydrogen-bond acceptors (Lipinski definition) is 4. The Morgan fingerprint density at radius 3 is 2.26 bits per heavy atom. The minimum absolute atomic E-state index is 0.0199. The highest BCUT2D eigenvalue weighted by Gasteiger charge is 2.33. The lowest BCUT2D eigenvalue weighted by molar-refractivity contribution is -0.140. The Kier molecular flexibility index (Phi) is 10.4. The maximum atomic E-state index is 14.0. The van der Waals surface area contributed by atoms with E-state index in [1.807, 2.05) is 43.3 Å². The van der Waals surface area contributed by atoms with E-state index < -0.39 is 28.5 Å². The Morgan fingerprint density at radius 1 is 0.974 bits per heavy atom. The molecule has 0 aliphatic heterocycles. The quantitative estimate of drug-likeness (QED) is 0.335. The smallest absolute Gasteiger partial charge is 0.244 e. The van der Waals surface area contributed by atoms with Crippen LogP contribution >= 0.6 is 23.2 Å². The number of sulfonamides is 1. The van der Waals surface area contributed by atoms with Crippen molar-refractivity contribution in [2.75, 3.05) is 23.7 Å². The third-order valence-corrected chi connectivity index (χ3v) is 7.99. The number of halogens is 2. The number of aryl methyl sites for hydroxylation is 2. The van der Waals surface area contributed by atoms with Crippen molar-refractivity contribution in [1.29, 1.82) is 0 Å². The maximum absolute atomic E-state index is 14.0. The second-order valence-electron chi connectivity index (χ2n) is 9.42. The lowest BCUT2D eigenvalue weighted by Crippen LogP contribution is -2.53. The van der Waals surface area contributed by atoms with Crippen molar-refractivity contribution in [2.45, 2.75) is 39.8 Å². The van der Waals surface area contributed by atoms with Gasteiger partial charge in [0, 0.05) is 29.6 Å². The van der Waals surface area contributed by atoms with Crippen LogP contribution in [-0.2, 0) is 32.6 Å². The monoisotopic (exact) mass is 589 g/mol. The van der Waals surface area contributed by atoms with E-state index >= 15 is 0 Å². The Hall–Kier alpha value is -3.07. The Balaban J connectivity index is 2.08. The molecule has 0 aliphatic carbocycles. The van der Waals surface area contributed by atoms with Gasteiger partial charge in [0.25, 0.3) is 0 Å². The van der Waals surface area contributed by atoms with Crippen LogP contribution in [0.5, 0.6) is 0 Å². The maximum Gasteiger partial charge on any atom is 0.244 e. The van der Waals surface area contributed by atoms with Crippen molar-refractivity contribution in [1.82, 2.24) is 10.2 Å². The van der Waals surface area contributed by atoms with E-state index in [1.54, 1.807) is 44.2 Å². The van der Waals surface area contributed by atoms with Crippen LogP contribution in [0.15, 0.2) is 66.7 Å². The van der Waals surface area contributed by atoms with Gasteiger partial charge in [-0.3, -0.25) is 13.9 Å². The summed E-state index contributed by atoms with van der Waals surface area (Å²) in [4.78, 5) is 28.8. The minimum Gasteiger partial charge on any atom is -0.355 e. The number of rotatable bonds is 11. The van der Waals surface area contributed by atoms with Gasteiger partial charge >= 0.3 is 0 Å². The number of benzene rings is 3. The van der Waals surface area contributed by atoms with Crippen LogP contribution in [-0.4, -0.2) is 50.5 Å². The Labute approximate surface area is 240 Å². The van der Waals surface area contributed by atoms with Gasteiger partial charge < -0.3 is 10.2 Å². The molecule has 0 saturated heterocycles. The first kappa shape index (κ1) is 30.5. The highest BCUT2D eigenvalue weighted by Crippen LogP contribution is 2.27. The zero-order valence-corrected chi connectivity index (χ0v) is 24.8. The first-order valence-corrected chi connectivity index (χ1v) is 15.1. The van der Waals surface area contributed by atoms with Crippen LogP contribution in [0.2, 0.25) is 10.0 Å². The van der Waals surface area contributed by atoms with Crippen LogP contribution in [0.4, 0.5) is 5.69 Å². The van der Waals surface area contributed by atoms with E-state index in [0.717, 1.165) is 21.7 Å². The molecule has 10 heteroatoms. The largest absolute Gasteiger partial charge is 0.355 e. The molecular weight excluding hydrogens is 557 g/mol. The molecule has 1 atom stereocenters. The molecule has 3 aromatic rings. The van der Waals surface area contributed by atoms with Gasteiger partial charge in [-0.15, -0.1) is 0 Å². The summed E-state index contributed by atoms with van der Waals surface area (Å²) in [5.41, 5.74) is 3.51. The highest BCUT2D eigenvalue weighted by molar-refractivity contribution is 7.92. The number of carbonyl (C=O) groups is 2. The summed E-state index contributed by atoms with van der Waals surface area (Å²) in [6.45, 7) is 5.36. The first-order chi connectivity index (χ1) is 18.4. The lowest BCUT2D eigenvalue weighted by Gasteiger charge is -2.34. The van der Waals surface area contributed by atoms with Crippen molar-refractivity contribution in [3.63, 3.8) is 0 Å². The molecule has 3 aromatic carbocycles. The van der Waals surface area contributed by atoms with Crippen LogP contribution < -0.4 is 9.62 Å². The van der Waals surface area contributed by atoms with Gasteiger partial charge in [0.2, 0.25) is 21.8 Å². The van der Waals surface area contributed by atoms with Crippen molar-refractivity contribution < 1.29 is 18.0 Å². The summed E-state index contributed by atoms with van der Waals surface area (Å²) in [6, 6.07) is 18.7. The Bertz CT molecular complexity index is 1430. The first-order valence-electron chi connectivity index (χ1n) is 12.5. The van der Waals surface area contributed by atoms with Crippen LogP contribution in [0, 0.1) is 13.8 Å². The van der Waals surface area contributed by atoms with E-state index in [0.29, 0.717) is 33.4 Å². The third-order valence-electron chi connectivity index (χ3n) is 6.28. The summed E-state index contributed by atoms with van der Waals surface area (Å²) in [7, 11) is -3.84. The summed E-state index contributed by atoms with van der Waals surface area (Å²) in [6.07, 6.45) is 1.29. The normalized spacial score (nSPS) is 12.1. The molecule has 2 amide bonds. The van der Waals surface area contributed by atoms with Gasteiger partial charge in [0.1, 0.15) is 12.6 Å². The van der Waals surface area contributed by atoms with Crippen molar-refractivity contribution in [3.8, 4) is 0 Å². The van der Waals surface area contributed by atoms with Gasteiger partial charge in [-0.2, -0.15) is 0 Å². The molecular formula is C29H33Cl2N3O4S. The zero-order valence-electron chi connectivity index (χ0n) is 22.4. The molecule has 0 radical (unpaired) electrons. The fourth-order valence-electron chi connectivity index (χ4n) is 4.36. The highest BCUT2D eigenvalue weighted by atomic mass is 35.5. The van der Waals surface area contributed by atoms with Crippen LogP contribution in [0.1, 0.15) is 29.2 Å². The fourth-order valence-corrected chi connectivity index (χ4v) is 5.73. The average Bonchev–Trinajstić information content (AvgIpc) is 2.86. The molecule has 1 N–H and O–H groups in total. The molecule has 0 aliphatic rings. The SMILES string of the molecule is CCNC(=O)C(Cc1ccccc1)N(Cc1ccc(Cl)cc1Cl)C(=O)CN(c1ccc(C)cc1C)S(C)(=O)=O. The molecule has 39 heavy (non-hydrogen) atoms. The number of nitrogens with one attached hydrogen (secondary N) is 1. The van der Waals surface area contributed by atoms with E-state index in [-0.39, 0.29) is 18.9 Å². The average molecular weight is 591 g/mol. The summed E-state index contributed by atoms with van der Waals surface area (Å²) >= 11 is 12.6. The molecule has 3 rings (SSSR count). The molecule has 0 bridgehead atoms. The third kappa shape index (κ3) is 8.21. The number of hydrogen-bond donors (Lipinski definition) is 1. The van der Waals surface area contributed by atoms with E-state index in [2.05, 4.69) is 5.32 Å². The van der Waals surface area contributed by atoms with Gasteiger partial charge in [0.15, 0.2) is 0 Å². The second kappa shape index (κ2) is 13.3. The predicted molar refractivity (Wildman–Crippen MR) is 158 cm³/mol. The topological polar surface area (TPSA) is 86.8 Å². The number of amides is 2. The molecule has 0 saturated carbocycles. The number of likely N-dealkylation sites (N-methyl/N-ethyl adjacent to an activating group) is 1. The minimum atomic E-state index is -3.84. The summed E-state index contributed by atoms with van der Waals surface area (Å²) in [5, 5.41) is 3.59. The van der Waals surface area contributed by atoms with Crippen molar-refractivity contribution in [3.05, 3.63) is 99.0 Å². The second-order valence-corrected chi connectivity index (χ2v) is 12.2. The van der Waals surface area contributed by atoms with E-state index in [4.69, 9.17) is 23.2 Å². The van der Waals surface area contributed by atoms with Gasteiger partial charge in [0.05, 0.1) is 11.9 Å². The molecule has 0 aromatic heterocycles. The number of anilines is 1. The number of carbonyl (C=O) groups excluding carboxylic acids is 2. The van der Waals surface area contributed by atoms with Crippen molar-refractivity contribution >= 4 is 50.7 Å². The predicted octanol–water partition coefficient (Wildman–Crippen LogP) is 5.15. The van der Waals surface area contributed by atoms with Crippen LogP contribution in [0.25, 0.3) is 0 Å². The Morgan fingerprint density at radius 2 is 1.67 bits per heavy atom. The summed E-state index contributed by atoms with van der Waals surface area (Å²) < 4.78 is 26.9. The van der Waals surface area contributed by atoms with Gasteiger partial charge in [-0.1, -0.05) is 77.3 Å². The van der Waals surface area contributed by atoms with Gasteiger partial charge in [-0.05, 0) is 55.7 Å². The van der Waals surface area contributed by atoms with E-state index in [9.17, 15) is 18.0 Å². The molecule has 0 spiro atoms. The van der Waals surface area contributed by atoms with Gasteiger partial charge in [-0.25, -0.2) is 8.42 Å². The number of nitrogens with zero attached hydrogens (tertiary/aromatic N) is 2. The zero-order chi connectivity index (χ0) is 28.7. The van der Waals surface area contributed by atoms with Crippen LogP contribution in [0.3, 0.4) is 0 Å². The molecule has 0 heterocycles. The molecule has 208 valence electrons. The van der Waals surface area contributed by atoms with Crippen molar-refractivity contribution in [2.24, 2.45) is 0 Å². The molecule has 7 nitrogen and oxygen atoms in total. The van der Waals surface area contributed by atoms with E-state index in [1.165, 1.54) is 4.90 Å². The summed E-state index contributed by atoms with van der Waals surface area (Å²) in [5.74, 6) is -0.893.